The Hall–Kier alpha value is -2.28. The number of nitrogens with one attached hydrogen (secondary N) is 1. The van der Waals surface area contributed by atoms with Crippen LogP contribution in [0.1, 0.15) is 12.5 Å². The molecule has 1 atom stereocenters. The first-order valence-electron chi connectivity index (χ1n) is 7.55. The summed E-state index contributed by atoms with van der Waals surface area (Å²) in [7, 11) is 3.09. The number of thioether (sulfide) groups is 1. The maximum atomic E-state index is 13.2. The van der Waals surface area contributed by atoms with Crippen molar-refractivity contribution in [1.29, 1.82) is 0 Å². The van der Waals surface area contributed by atoms with Gasteiger partial charge in [0.1, 0.15) is 0 Å². The Morgan fingerprint density at radius 1 is 1.08 bits per heavy atom. The van der Waals surface area contributed by atoms with Crippen LogP contribution in [0, 0.1) is 11.6 Å². The number of amides is 1. The van der Waals surface area contributed by atoms with Crippen molar-refractivity contribution in [1.82, 2.24) is 5.32 Å². The molecular weight excluding hydrogens is 348 g/mol. The summed E-state index contributed by atoms with van der Waals surface area (Å²) >= 11 is 1.16. The normalized spacial score (nSPS) is 11.7. The van der Waals surface area contributed by atoms with Gasteiger partial charge in [0, 0.05) is 11.4 Å². The molecule has 0 aliphatic carbocycles. The van der Waals surface area contributed by atoms with Crippen LogP contribution >= 0.6 is 11.8 Å². The Balaban J connectivity index is 1.94. The smallest absolute Gasteiger partial charge is 0.233 e. The first-order chi connectivity index (χ1) is 11.9. The fraction of sp³-hybridized carbons (Fsp3) is 0.278. The molecule has 0 saturated carbocycles. The number of hydrogen-bond acceptors (Lipinski definition) is 4. The Kier molecular flexibility index (Phi) is 6.64. The zero-order valence-electron chi connectivity index (χ0n) is 14.1. The lowest BCUT2D eigenvalue weighted by Crippen LogP contribution is -2.30. The van der Waals surface area contributed by atoms with Crippen LogP contribution < -0.4 is 14.8 Å². The van der Waals surface area contributed by atoms with Crippen LogP contribution in [-0.2, 0) is 11.3 Å². The molecule has 0 saturated heterocycles. The molecule has 25 heavy (non-hydrogen) atoms. The third-order valence-corrected chi connectivity index (χ3v) is 4.58. The third-order valence-electron chi connectivity index (χ3n) is 3.49. The molecule has 0 fully saturated rings. The van der Waals surface area contributed by atoms with Crippen LogP contribution in [0.4, 0.5) is 8.78 Å². The highest BCUT2D eigenvalue weighted by molar-refractivity contribution is 8.00. The molecule has 4 nitrogen and oxygen atoms in total. The average molecular weight is 367 g/mol. The molecule has 0 aliphatic heterocycles. The highest BCUT2D eigenvalue weighted by atomic mass is 32.2. The molecule has 0 spiro atoms. The van der Waals surface area contributed by atoms with Gasteiger partial charge in [-0.1, -0.05) is 6.07 Å². The zero-order valence-corrected chi connectivity index (χ0v) is 15.0. The minimum absolute atomic E-state index is 0.204. The SMILES string of the molecule is COc1ccc(CNC(=O)[C@@H](C)Sc2ccc(F)c(F)c2)cc1OC. The van der Waals surface area contributed by atoms with E-state index in [2.05, 4.69) is 5.32 Å². The van der Waals surface area contributed by atoms with Crippen LogP contribution in [0.25, 0.3) is 0 Å². The van der Waals surface area contributed by atoms with Gasteiger partial charge in [-0.15, -0.1) is 11.8 Å². The fourth-order valence-electron chi connectivity index (χ4n) is 2.13. The Labute approximate surface area is 149 Å². The molecule has 134 valence electrons. The summed E-state index contributed by atoms with van der Waals surface area (Å²) in [5.41, 5.74) is 0.857. The van der Waals surface area contributed by atoms with Gasteiger partial charge in [0.2, 0.25) is 5.91 Å². The van der Waals surface area contributed by atoms with E-state index in [4.69, 9.17) is 9.47 Å². The zero-order chi connectivity index (χ0) is 18.4. The summed E-state index contributed by atoms with van der Waals surface area (Å²) in [4.78, 5) is 12.7. The van der Waals surface area contributed by atoms with Gasteiger partial charge in [-0.3, -0.25) is 4.79 Å². The van der Waals surface area contributed by atoms with Gasteiger partial charge >= 0.3 is 0 Å². The number of rotatable bonds is 7. The molecule has 0 aromatic heterocycles. The van der Waals surface area contributed by atoms with Crippen LogP contribution in [-0.4, -0.2) is 25.4 Å². The van der Waals surface area contributed by atoms with Crippen molar-refractivity contribution in [3.8, 4) is 11.5 Å². The molecule has 2 aromatic rings. The molecule has 0 unspecified atom stereocenters. The predicted molar refractivity (Wildman–Crippen MR) is 93.1 cm³/mol. The Bertz CT molecular complexity index is 755. The molecule has 1 N–H and O–H groups in total. The summed E-state index contributed by atoms with van der Waals surface area (Å²) < 4.78 is 36.5. The Morgan fingerprint density at radius 3 is 2.44 bits per heavy atom. The van der Waals surface area contributed by atoms with E-state index >= 15 is 0 Å². The first-order valence-corrected chi connectivity index (χ1v) is 8.43. The first kappa shape index (κ1) is 19.1. The van der Waals surface area contributed by atoms with E-state index in [1.807, 2.05) is 6.07 Å². The van der Waals surface area contributed by atoms with Gasteiger partial charge in [0.05, 0.1) is 19.5 Å². The standard InChI is InChI=1S/C18H19F2NO3S/c1-11(25-13-5-6-14(19)15(20)9-13)18(22)21-10-12-4-7-16(23-2)17(8-12)24-3/h4-9,11H,10H2,1-3H3,(H,21,22)/t11-/m1/s1. The van der Waals surface area contributed by atoms with Crippen molar-refractivity contribution in [2.45, 2.75) is 23.6 Å². The largest absolute Gasteiger partial charge is 0.493 e. The number of halogens is 2. The van der Waals surface area contributed by atoms with E-state index in [-0.39, 0.29) is 5.91 Å². The average Bonchev–Trinajstić information content (AvgIpc) is 2.62. The van der Waals surface area contributed by atoms with Crippen molar-refractivity contribution < 1.29 is 23.0 Å². The Morgan fingerprint density at radius 2 is 1.80 bits per heavy atom. The van der Waals surface area contributed by atoms with Crippen molar-refractivity contribution in [2.75, 3.05) is 14.2 Å². The van der Waals surface area contributed by atoms with Crippen LogP contribution in [0.5, 0.6) is 11.5 Å². The molecule has 0 bridgehead atoms. The van der Waals surface area contributed by atoms with Gasteiger partial charge in [-0.25, -0.2) is 8.78 Å². The maximum absolute atomic E-state index is 13.2. The van der Waals surface area contributed by atoms with E-state index in [0.29, 0.717) is 22.9 Å². The van der Waals surface area contributed by atoms with Gasteiger partial charge in [0.15, 0.2) is 23.1 Å². The van der Waals surface area contributed by atoms with E-state index < -0.39 is 16.9 Å². The van der Waals surface area contributed by atoms with Crippen LogP contribution in [0.15, 0.2) is 41.3 Å². The van der Waals surface area contributed by atoms with Crippen molar-refractivity contribution in [3.05, 3.63) is 53.6 Å². The molecule has 2 aromatic carbocycles. The summed E-state index contributed by atoms with van der Waals surface area (Å²) in [6, 6.07) is 8.95. The third kappa shape index (κ3) is 5.09. The number of carbonyl (C=O) groups is 1. The fourth-order valence-corrected chi connectivity index (χ4v) is 3.05. The number of hydrogen-bond donors (Lipinski definition) is 1. The summed E-state index contributed by atoms with van der Waals surface area (Å²) in [6.07, 6.45) is 0. The van der Waals surface area contributed by atoms with E-state index in [1.165, 1.54) is 6.07 Å². The second-order valence-electron chi connectivity index (χ2n) is 5.24. The molecule has 2 rings (SSSR count). The van der Waals surface area contributed by atoms with E-state index in [9.17, 15) is 13.6 Å². The van der Waals surface area contributed by atoms with Gasteiger partial charge in [-0.05, 0) is 42.8 Å². The summed E-state index contributed by atoms with van der Waals surface area (Å²) in [5, 5.41) is 2.36. The van der Waals surface area contributed by atoms with Gasteiger partial charge < -0.3 is 14.8 Å². The number of benzene rings is 2. The summed E-state index contributed by atoms with van der Waals surface area (Å²) in [6.45, 7) is 2.03. The predicted octanol–water partition coefficient (Wildman–Crippen LogP) is 3.78. The highest BCUT2D eigenvalue weighted by Gasteiger charge is 2.15. The monoisotopic (exact) mass is 367 g/mol. The van der Waals surface area contributed by atoms with Crippen molar-refractivity contribution in [3.63, 3.8) is 0 Å². The quantitative estimate of drug-likeness (QED) is 0.757. The van der Waals surface area contributed by atoms with Gasteiger partial charge in [0.25, 0.3) is 0 Å². The van der Waals surface area contributed by atoms with Crippen LogP contribution in [0.3, 0.4) is 0 Å². The second kappa shape index (κ2) is 8.71. The minimum Gasteiger partial charge on any atom is -0.493 e. The van der Waals surface area contributed by atoms with E-state index in [0.717, 1.165) is 29.5 Å². The highest BCUT2D eigenvalue weighted by Crippen LogP contribution is 2.28. The number of ether oxygens (including phenoxy) is 2. The minimum atomic E-state index is -0.928. The second-order valence-corrected chi connectivity index (χ2v) is 6.66. The molecule has 0 aliphatic rings. The lowest BCUT2D eigenvalue weighted by Gasteiger charge is -2.13. The molecule has 7 heteroatoms. The number of methoxy groups -OCH3 is 2. The molecule has 0 heterocycles. The topological polar surface area (TPSA) is 47.6 Å². The van der Waals surface area contributed by atoms with E-state index in [1.54, 1.807) is 33.3 Å². The van der Waals surface area contributed by atoms with Crippen LogP contribution in [0.2, 0.25) is 0 Å². The van der Waals surface area contributed by atoms with Crippen molar-refractivity contribution in [2.24, 2.45) is 0 Å². The summed E-state index contributed by atoms with van der Waals surface area (Å²) in [5.74, 6) is -0.847. The van der Waals surface area contributed by atoms with Crippen molar-refractivity contribution >= 4 is 17.7 Å². The molecule has 1 amide bonds. The maximum Gasteiger partial charge on any atom is 0.233 e. The molecule has 0 radical (unpaired) electrons. The van der Waals surface area contributed by atoms with Gasteiger partial charge in [-0.2, -0.15) is 0 Å². The molecular formula is C18H19F2NO3S. The number of carbonyl (C=O) groups excluding carboxylic acids is 1. The lowest BCUT2D eigenvalue weighted by atomic mass is 10.2. The lowest BCUT2D eigenvalue weighted by molar-refractivity contribution is -0.120.